The van der Waals surface area contributed by atoms with Crippen molar-refractivity contribution in [3.8, 4) is 0 Å². The average Bonchev–Trinajstić information content (AvgIpc) is 2.67. The Morgan fingerprint density at radius 3 is 2.84 bits per heavy atom. The van der Waals surface area contributed by atoms with Crippen LogP contribution in [-0.4, -0.2) is 33.2 Å². The van der Waals surface area contributed by atoms with E-state index in [4.69, 9.17) is 0 Å². The van der Waals surface area contributed by atoms with Gasteiger partial charge < -0.3 is 4.90 Å². The monoisotopic (exact) mass is 339 g/mol. The topological polar surface area (TPSA) is 55.2 Å². The van der Waals surface area contributed by atoms with Crippen molar-refractivity contribution in [1.29, 1.82) is 0 Å². The summed E-state index contributed by atoms with van der Waals surface area (Å²) >= 11 is 0. The summed E-state index contributed by atoms with van der Waals surface area (Å²) in [5.41, 5.74) is 0.733. The molecule has 25 heavy (non-hydrogen) atoms. The summed E-state index contributed by atoms with van der Waals surface area (Å²) in [6.07, 6.45) is 9.21. The zero-order valence-corrected chi connectivity index (χ0v) is 14.6. The van der Waals surface area contributed by atoms with E-state index in [2.05, 4.69) is 10.00 Å². The Kier molecular flexibility index (Phi) is 4.55. The lowest BCUT2D eigenvalue weighted by atomic mass is 9.78. The van der Waals surface area contributed by atoms with Gasteiger partial charge in [0, 0.05) is 24.4 Å². The SMILES string of the molecule is O=C(CCn1ncc(=O)c2ccccc21)N1CCCC2CCCCC21. The van der Waals surface area contributed by atoms with Crippen molar-refractivity contribution in [1.82, 2.24) is 14.7 Å². The first-order valence-electron chi connectivity index (χ1n) is 9.48. The van der Waals surface area contributed by atoms with Crippen LogP contribution < -0.4 is 5.43 Å². The molecular formula is C20H25N3O2. The van der Waals surface area contributed by atoms with Crippen LogP contribution in [0.3, 0.4) is 0 Å². The number of aryl methyl sites for hydroxylation is 1. The third-order valence-corrected chi connectivity index (χ3v) is 5.86. The fraction of sp³-hybridized carbons (Fsp3) is 0.550. The van der Waals surface area contributed by atoms with Crippen molar-refractivity contribution in [2.75, 3.05) is 6.54 Å². The van der Waals surface area contributed by atoms with Gasteiger partial charge in [0.15, 0.2) is 0 Å². The average molecular weight is 339 g/mol. The van der Waals surface area contributed by atoms with Crippen molar-refractivity contribution >= 4 is 16.8 Å². The number of piperidine rings is 1. The normalized spacial score (nSPS) is 23.4. The van der Waals surface area contributed by atoms with Gasteiger partial charge in [-0.05, 0) is 43.7 Å². The Morgan fingerprint density at radius 1 is 1.12 bits per heavy atom. The summed E-state index contributed by atoms with van der Waals surface area (Å²) in [4.78, 5) is 26.9. The molecule has 0 radical (unpaired) electrons. The first kappa shape index (κ1) is 16.3. The van der Waals surface area contributed by atoms with Crippen LogP contribution in [0.15, 0.2) is 35.3 Å². The van der Waals surface area contributed by atoms with Gasteiger partial charge in [-0.15, -0.1) is 0 Å². The molecule has 1 aromatic carbocycles. The van der Waals surface area contributed by atoms with E-state index in [9.17, 15) is 9.59 Å². The molecule has 5 heteroatoms. The number of amides is 1. The molecule has 132 valence electrons. The molecule has 4 rings (SSSR count). The molecule has 2 aromatic rings. The first-order chi connectivity index (χ1) is 12.2. The molecule has 1 aromatic heterocycles. The predicted octanol–water partition coefficient (Wildman–Crippen LogP) is 2.97. The van der Waals surface area contributed by atoms with Crippen LogP contribution in [0.2, 0.25) is 0 Å². The molecule has 5 nitrogen and oxygen atoms in total. The van der Waals surface area contributed by atoms with E-state index in [1.165, 1.54) is 31.9 Å². The molecule has 0 N–H and O–H groups in total. The van der Waals surface area contributed by atoms with Crippen LogP contribution >= 0.6 is 0 Å². The summed E-state index contributed by atoms with van der Waals surface area (Å²) in [5, 5.41) is 4.90. The largest absolute Gasteiger partial charge is 0.339 e. The van der Waals surface area contributed by atoms with E-state index in [-0.39, 0.29) is 11.3 Å². The van der Waals surface area contributed by atoms with Crippen LogP contribution in [-0.2, 0) is 11.3 Å². The van der Waals surface area contributed by atoms with Gasteiger partial charge in [-0.3, -0.25) is 14.3 Å². The quantitative estimate of drug-likeness (QED) is 0.864. The lowest BCUT2D eigenvalue weighted by molar-refractivity contribution is -0.137. The second-order valence-electron chi connectivity index (χ2n) is 7.34. The van der Waals surface area contributed by atoms with E-state index < -0.39 is 0 Å². The summed E-state index contributed by atoms with van der Waals surface area (Å²) in [7, 11) is 0. The van der Waals surface area contributed by atoms with Gasteiger partial charge in [-0.1, -0.05) is 25.0 Å². The summed E-state index contributed by atoms with van der Waals surface area (Å²) < 4.78 is 1.79. The molecule has 1 aliphatic carbocycles. The lowest BCUT2D eigenvalue weighted by Gasteiger charge is -2.44. The van der Waals surface area contributed by atoms with Crippen molar-refractivity contribution < 1.29 is 4.79 Å². The van der Waals surface area contributed by atoms with Gasteiger partial charge in [0.2, 0.25) is 11.3 Å². The highest BCUT2D eigenvalue weighted by molar-refractivity contribution is 5.79. The van der Waals surface area contributed by atoms with Gasteiger partial charge in [0.1, 0.15) is 0 Å². The van der Waals surface area contributed by atoms with E-state index in [1.807, 2.05) is 24.3 Å². The predicted molar refractivity (Wildman–Crippen MR) is 97.3 cm³/mol. The summed E-state index contributed by atoms with van der Waals surface area (Å²) in [5.74, 6) is 0.944. The maximum absolute atomic E-state index is 12.9. The molecule has 0 bridgehead atoms. The maximum Gasteiger partial charge on any atom is 0.224 e. The van der Waals surface area contributed by atoms with Gasteiger partial charge in [-0.2, -0.15) is 5.10 Å². The molecule has 2 aliphatic rings. The molecule has 1 saturated heterocycles. The zero-order valence-electron chi connectivity index (χ0n) is 14.6. The number of para-hydroxylation sites is 1. The number of rotatable bonds is 3. The number of benzene rings is 1. The second-order valence-corrected chi connectivity index (χ2v) is 7.34. The zero-order chi connectivity index (χ0) is 17.2. The third-order valence-electron chi connectivity index (χ3n) is 5.86. The second kappa shape index (κ2) is 6.98. The van der Waals surface area contributed by atoms with E-state index in [0.29, 0.717) is 30.3 Å². The Hall–Kier alpha value is -2.17. The molecule has 2 fully saturated rings. The van der Waals surface area contributed by atoms with Crippen molar-refractivity contribution in [2.24, 2.45) is 5.92 Å². The fourth-order valence-corrected chi connectivity index (χ4v) is 4.62. The van der Waals surface area contributed by atoms with E-state index >= 15 is 0 Å². The summed E-state index contributed by atoms with van der Waals surface area (Å²) in [6, 6.07) is 7.92. The highest BCUT2D eigenvalue weighted by Crippen LogP contribution is 2.35. The lowest BCUT2D eigenvalue weighted by Crippen LogP contribution is -2.49. The highest BCUT2D eigenvalue weighted by atomic mass is 16.2. The molecule has 1 aliphatic heterocycles. The minimum atomic E-state index is -0.0701. The maximum atomic E-state index is 12.9. The smallest absolute Gasteiger partial charge is 0.224 e. The van der Waals surface area contributed by atoms with Crippen LogP contribution in [0.25, 0.3) is 10.9 Å². The Labute approximate surface area is 147 Å². The van der Waals surface area contributed by atoms with Crippen LogP contribution in [0.4, 0.5) is 0 Å². The van der Waals surface area contributed by atoms with Gasteiger partial charge >= 0.3 is 0 Å². The van der Waals surface area contributed by atoms with Gasteiger partial charge in [-0.25, -0.2) is 0 Å². The van der Waals surface area contributed by atoms with E-state index in [0.717, 1.165) is 24.9 Å². The van der Waals surface area contributed by atoms with Gasteiger partial charge in [0.05, 0.1) is 18.3 Å². The number of carbonyl (C=O) groups is 1. The number of hydrogen-bond donors (Lipinski definition) is 0. The van der Waals surface area contributed by atoms with Crippen LogP contribution in [0.5, 0.6) is 0 Å². The van der Waals surface area contributed by atoms with Crippen molar-refractivity contribution in [3.63, 3.8) is 0 Å². The molecule has 2 atom stereocenters. The number of carbonyl (C=O) groups excluding carboxylic acids is 1. The number of fused-ring (bicyclic) bond motifs is 2. The Morgan fingerprint density at radius 2 is 1.92 bits per heavy atom. The molecular weight excluding hydrogens is 314 g/mol. The Bertz CT molecular complexity index is 827. The Balaban J connectivity index is 1.49. The van der Waals surface area contributed by atoms with Crippen LogP contribution in [0.1, 0.15) is 44.9 Å². The number of aromatic nitrogens is 2. The van der Waals surface area contributed by atoms with E-state index in [1.54, 1.807) is 4.68 Å². The molecule has 2 heterocycles. The number of nitrogens with zero attached hydrogens (tertiary/aromatic N) is 3. The molecule has 1 amide bonds. The number of likely N-dealkylation sites (tertiary alicyclic amines) is 1. The fourth-order valence-electron chi connectivity index (χ4n) is 4.62. The molecule has 0 spiro atoms. The minimum Gasteiger partial charge on any atom is -0.339 e. The van der Waals surface area contributed by atoms with Crippen LogP contribution in [0, 0.1) is 5.92 Å². The molecule has 1 saturated carbocycles. The highest BCUT2D eigenvalue weighted by Gasteiger charge is 2.35. The standard InChI is InChI=1S/C20H25N3O2/c24-19-14-21-23(18-10-4-2-8-16(18)19)13-11-20(25)22-12-5-7-15-6-1-3-9-17(15)22/h2,4,8,10,14-15,17H,1,3,5-7,9,11-13H2. The summed E-state index contributed by atoms with van der Waals surface area (Å²) in [6.45, 7) is 1.42. The van der Waals surface area contributed by atoms with Gasteiger partial charge in [0.25, 0.3) is 0 Å². The molecule has 2 unspecified atom stereocenters. The van der Waals surface area contributed by atoms with Crippen molar-refractivity contribution in [3.05, 3.63) is 40.7 Å². The minimum absolute atomic E-state index is 0.0701. The van der Waals surface area contributed by atoms with Crippen molar-refractivity contribution in [2.45, 2.75) is 57.5 Å². The number of hydrogen-bond acceptors (Lipinski definition) is 3. The first-order valence-corrected chi connectivity index (χ1v) is 9.48. The third kappa shape index (κ3) is 3.20.